The Morgan fingerprint density at radius 2 is 1.78 bits per heavy atom. The van der Waals surface area contributed by atoms with Crippen molar-refractivity contribution in [2.45, 2.75) is 38.5 Å². The van der Waals surface area contributed by atoms with Gasteiger partial charge < -0.3 is 4.74 Å². The topological polar surface area (TPSA) is 76.6 Å². The molecule has 0 amide bonds. The van der Waals surface area contributed by atoms with Gasteiger partial charge in [0.15, 0.2) is 0 Å². The number of aromatic nitrogens is 1. The largest absolute Gasteiger partial charge is 0.462 e. The van der Waals surface area contributed by atoms with Crippen molar-refractivity contribution in [1.82, 2.24) is 9.29 Å². The Kier molecular flexibility index (Phi) is 7.50. The summed E-state index contributed by atoms with van der Waals surface area (Å²) < 4.78 is 32.0. The summed E-state index contributed by atoms with van der Waals surface area (Å²) in [4.78, 5) is 16.5. The van der Waals surface area contributed by atoms with Crippen LogP contribution in [-0.4, -0.2) is 43.4 Å². The van der Waals surface area contributed by atoms with E-state index in [9.17, 15) is 13.2 Å². The smallest absolute Gasteiger partial charge is 0.338 e. The first-order valence-corrected chi connectivity index (χ1v) is 10.5. The second-order valence-corrected chi connectivity index (χ2v) is 8.10. The number of nitrogens with zero attached hydrogens (tertiary/aromatic N) is 2. The molecule has 0 fully saturated rings. The number of carbonyl (C=O) groups excluding carboxylic acids is 1. The summed E-state index contributed by atoms with van der Waals surface area (Å²) >= 11 is 0. The lowest BCUT2D eigenvalue weighted by molar-refractivity contribution is 0.0499. The zero-order valence-electron chi connectivity index (χ0n) is 16.0. The lowest BCUT2D eigenvalue weighted by atomic mass is 10.1. The third-order valence-electron chi connectivity index (χ3n) is 4.36. The van der Waals surface area contributed by atoms with Crippen LogP contribution in [0, 0.1) is 6.92 Å². The number of aryl methyl sites for hydroxylation is 2. The number of ether oxygens (including phenoxy) is 1. The standard InChI is InChI=1S/C20H26N2O4S/c1-4-22(5-2)27(24,25)18-9-8-16(3)19(15-18)20(23)26-14-6-7-17-10-12-21-13-11-17/h8-13,15H,4-7,14H2,1-3H3. The molecule has 0 unspecified atom stereocenters. The number of pyridine rings is 1. The van der Waals surface area contributed by atoms with Crippen molar-refractivity contribution in [3.8, 4) is 0 Å². The van der Waals surface area contributed by atoms with Crippen LogP contribution < -0.4 is 0 Å². The molecule has 0 N–H and O–H groups in total. The van der Waals surface area contributed by atoms with E-state index in [1.54, 1.807) is 39.2 Å². The summed E-state index contributed by atoms with van der Waals surface area (Å²) in [7, 11) is -3.62. The minimum atomic E-state index is -3.62. The first-order valence-electron chi connectivity index (χ1n) is 9.07. The molecule has 0 spiro atoms. The van der Waals surface area contributed by atoms with Crippen molar-refractivity contribution in [2.75, 3.05) is 19.7 Å². The predicted molar refractivity (Wildman–Crippen MR) is 104 cm³/mol. The van der Waals surface area contributed by atoms with Gasteiger partial charge in [-0.2, -0.15) is 4.31 Å². The molecule has 27 heavy (non-hydrogen) atoms. The molecule has 0 aliphatic rings. The number of carbonyl (C=O) groups is 1. The van der Waals surface area contributed by atoms with Crippen molar-refractivity contribution >= 4 is 16.0 Å². The zero-order chi connectivity index (χ0) is 19.9. The van der Waals surface area contributed by atoms with Crippen LogP contribution in [0.2, 0.25) is 0 Å². The molecule has 0 saturated carbocycles. The minimum Gasteiger partial charge on any atom is -0.462 e. The van der Waals surface area contributed by atoms with Gasteiger partial charge >= 0.3 is 5.97 Å². The maximum absolute atomic E-state index is 12.7. The highest BCUT2D eigenvalue weighted by Gasteiger charge is 2.23. The molecule has 2 rings (SSSR count). The van der Waals surface area contributed by atoms with Gasteiger partial charge in [-0.3, -0.25) is 4.98 Å². The monoisotopic (exact) mass is 390 g/mol. The molecule has 0 atom stereocenters. The summed E-state index contributed by atoms with van der Waals surface area (Å²) in [5, 5.41) is 0. The van der Waals surface area contributed by atoms with Crippen LogP contribution in [-0.2, 0) is 21.2 Å². The number of esters is 1. The van der Waals surface area contributed by atoms with Crippen LogP contribution in [0.25, 0.3) is 0 Å². The maximum Gasteiger partial charge on any atom is 0.338 e. The Hall–Kier alpha value is -2.25. The van der Waals surface area contributed by atoms with Gasteiger partial charge in [-0.05, 0) is 55.2 Å². The van der Waals surface area contributed by atoms with Crippen molar-refractivity contribution < 1.29 is 17.9 Å². The maximum atomic E-state index is 12.7. The van der Waals surface area contributed by atoms with E-state index in [-0.39, 0.29) is 17.1 Å². The molecule has 1 heterocycles. The lowest BCUT2D eigenvalue weighted by Crippen LogP contribution is -2.30. The highest BCUT2D eigenvalue weighted by molar-refractivity contribution is 7.89. The van der Waals surface area contributed by atoms with Gasteiger partial charge in [0.25, 0.3) is 0 Å². The van der Waals surface area contributed by atoms with Crippen LogP contribution in [0.15, 0.2) is 47.6 Å². The Morgan fingerprint density at radius 3 is 2.41 bits per heavy atom. The van der Waals surface area contributed by atoms with Gasteiger partial charge in [0.2, 0.25) is 10.0 Å². The number of hydrogen-bond acceptors (Lipinski definition) is 5. The fourth-order valence-electron chi connectivity index (χ4n) is 2.76. The first kappa shape index (κ1) is 21.1. The molecular formula is C20H26N2O4S. The van der Waals surface area contributed by atoms with E-state index in [1.165, 1.54) is 16.4 Å². The minimum absolute atomic E-state index is 0.112. The van der Waals surface area contributed by atoms with E-state index >= 15 is 0 Å². The summed E-state index contributed by atoms with van der Waals surface area (Å²) in [5.41, 5.74) is 2.10. The van der Waals surface area contributed by atoms with Crippen LogP contribution in [0.4, 0.5) is 0 Å². The molecule has 146 valence electrons. The van der Waals surface area contributed by atoms with E-state index < -0.39 is 16.0 Å². The quantitative estimate of drug-likeness (QED) is 0.485. The van der Waals surface area contributed by atoms with E-state index in [1.807, 2.05) is 12.1 Å². The Bertz CT molecular complexity index is 863. The van der Waals surface area contributed by atoms with Gasteiger partial charge in [-0.25, -0.2) is 13.2 Å². The van der Waals surface area contributed by atoms with E-state index in [0.29, 0.717) is 25.1 Å². The normalized spacial score (nSPS) is 11.6. The van der Waals surface area contributed by atoms with E-state index in [2.05, 4.69) is 4.98 Å². The second-order valence-electron chi connectivity index (χ2n) is 6.16. The summed E-state index contributed by atoms with van der Waals surface area (Å²) in [5.74, 6) is -0.501. The van der Waals surface area contributed by atoms with Crippen LogP contribution in [0.3, 0.4) is 0 Å². The van der Waals surface area contributed by atoms with Crippen molar-refractivity contribution in [1.29, 1.82) is 0 Å². The molecule has 2 aromatic rings. The van der Waals surface area contributed by atoms with Crippen LogP contribution in [0.5, 0.6) is 0 Å². The highest BCUT2D eigenvalue weighted by Crippen LogP contribution is 2.20. The van der Waals surface area contributed by atoms with Crippen molar-refractivity contribution in [3.63, 3.8) is 0 Å². The zero-order valence-corrected chi connectivity index (χ0v) is 16.8. The van der Waals surface area contributed by atoms with Gasteiger partial charge in [-0.1, -0.05) is 19.9 Å². The fraction of sp³-hybridized carbons (Fsp3) is 0.400. The van der Waals surface area contributed by atoms with Crippen molar-refractivity contribution in [2.24, 2.45) is 0 Å². The van der Waals surface area contributed by atoms with Gasteiger partial charge in [0.05, 0.1) is 17.1 Å². The van der Waals surface area contributed by atoms with Gasteiger partial charge in [0.1, 0.15) is 0 Å². The molecule has 0 saturated heterocycles. The number of rotatable bonds is 9. The second kappa shape index (κ2) is 9.62. The molecule has 0 bridgehead atoms. The third kappa shape index (κ3) is 5.37. The molecule has 0 aliphatic carbocycles. The van der Waals surface area contributed by atoms with Crippen LogP contribution >= 0.6 is 0 Å². The van der Waals surface area contributed by atoms with Gasteiger partial charge in [0, 0.05) is 25.5 Å². The number of benzene rings is 1. The molecule has 0 aliphatic heterocycles. The Balaban J connectivity index is 2.05. The van der Waals surface area contributed by atoms with Gasteiger partial charge in [-0.15, -0.1) is 0 Å². The lowest BCUT2D eigenvalue weighted by Gasteiger charge is -2.19. The molecule has 7 heteroatoms. The molecule has 0 radical (unpaired) electrons. The number of sulfonamides is 1. The Morgan fingerprint density at radius 1 is 1.11 bits per heavy atom. The predicted octanol–water partition coefficient (Wildman–Crippen LogP) is 3.21. The summed E-state index contributed by atoms with van der Waals surface area (Å²) in [6, 6.07) is 8.43. The van der Waals surface area contributed by atoms with Crippen LogP contribution in [0.1, 0.15) is 41.8 Å². The van der Waals surface area contributed by atoms with E-state index in [0.717, 1.165) is 12.0 Å². The Labute approximate surface area is 161 Å². The molecular weight excluding hydrogens is 364 g/mol. The molecule has 1 aromatic heterocycles. The third-order valence-corrected chi connectivity index (χ3v) is 6.41. The summed E-state index contributed by atoms with van der Waals surface area (Å²) in [6.45, 7) is 6.36. The molecule has 1 aromatic carbocycles. The van der Waals surface area contributed by atoms with E-state index in [4.69, 9.17) is 4.74 Å². The fourth-order valence-corrected chi connectivity index (χ4v) is 4.25. The van der Waals surface area contributed by atoms with Crippen molar-refractivity contribution in [3.05, 3.63) is 59.4 Å². The SMILES string of the molecule is CCN(CC)S(=O)(=O)c1ccc(C)c(C(=O)OCCCc2ccncc2)c1. The average molecular weight is 391 g/mol. The first-order chi connectivity index (χ1) is 12.9. The number of hydrogen-bond donors (Lipinski definition) is 0. The average Bonchev–Trinajstić information content (AvgIpc) is 2.67. The highest BCUT2D eigenvalue weighted by atomic mass is 32.2. The summed E-state index contributed by atoms with van der Waals surface area (Å²) in [6.07, 6.45) is 4.93. The molecule has 6 nitrogen and oxygen atoms in total.